The SMILES string of the molecule is CC(C)(C)c1ccc(S(=O)(=O)C2[CH]CNCC2)cc1. The van der Waals surface area contributed by atoms with E-state index in [-0.39, 0.29) is 10.7 Å². The third-order valence-electron chi connectivity index (χ3n) is 3.58. The van der Waals surface area contributed by atoms with Crippen LogP contribution in [0.1, 0.15) is 32.8 Å². The molecule has 0 spiro atoms. The van der Waals surface area contributed by atoms with Crippen molar-refractivity contribution in [2.24, 2.45) is 0 Å². The molecule has 1 heterocycles. The van der Waals surface area contributed by atoms with E-state index in [1.807, 2.05) is 18.6 Å². The fourth-order valence-electron chi connectivity index (χ4n) is 2.28. The number of hydrogen-bond donors (Lipinski definition) is 1. The Balaban J connectivity index is 2.26. The van der Waals surface area contributed by atoms with Crippen molar-refractivity contribution in [3.63, 3.8) is 0 Å². The first-order chi connectivity index (χ1) is 8.82. The van der Waals surface area contributed by atoms with Crippen LogP contribution in [-0.4, -0.2) is 26.8 Å². The Labute approximate surface area is 116 Å². The molecule has 1 atom stereocenters. The highest BCUT2D eigenvalue weighted by atomic mass is 32.2. The molecule has 4 heteroatoms. The quantitative estimate of drug-likeness (QED) is 0.904. The molecule has 1 aliphatic rings. The molecule has 1 unspecified atom stereocenters. The van der Waals surface area contributed by atoms with E-state index in [0.29, 0.717) is 17.9 Å². The van der Waals surface area contributed by atoms with Gasteiger partial charge in [-0.05, 0) is 49.0 Å². The van der Waals surface area contributed by atoms with Crippen molar-refractivity contribution >= 4 is 9.84 Å². The summed E-state index contributed by atoms with van der Waals surface area (Å²) in [4.78, 5) is 0.434. The van der Waals surface area contributed by atoms with Crippen LogP contribution in [0.25, 0.3) is 0 Å². The number of sulfone groups is 1. The summed E-state index contributed by atoms with van der Waals surface area (Å²) in [6.07, 6.45) is 2.51. The number of hydrogen-bond acceptors (Lipinski definition) is 3. The van der Waals surface area contributed by atoms with Crippen LogP contribution >= 0.6 is 0 Å². The highest BCUT2D eigenvalue weighted by Crippen LogP contribution is 2.26. The van der Waals surface area contributed by atoms with E-state index in [9.17, 15) is 8.42 Å². The molecular weight excluding hydrogens is 258 g/mol. The van der Waals surface area contributed by atoms with E-state index in [1.165, 1.54) is 0 Å². The van der Waals surface area contributed by atoms with Crippen LogP contribution in [0.2, 0.25) is 0 Å². The molecular formula is C15H22NO2S. The molecule has 1 fully saturated rings. The van der Waals surface area contributed by atoms with Gasteiger partial charge in [-0.2, -0.15) is 0 Å². The molecule has 0 aromatic heterocycles. The highest BCUT2D eigenvalue weighted by molar-refractivity contribution is 7.92. The molecule has 1 aromatic carbocycles. The normalized spacial score (nSPS) is 18.5. The summed E-state index contributed by atoms with van der Waals surface area (Å²) in [7, 11) is -3.22. The van der Waals surface area contributed by atoms with Gasteiger partial charge in [0.25, 0.3) is 0 Å². The molecule has 3 nitrogen and oxygen atoms in total. The average molecular weight is 280 g/mol. The van der Waals surface area contributed by atoms with Crippen LogP contribution in [-0.2, 0) is 15.3 Å². The van der Waals surface area contributed by atoms with Crippen LogP contribution in [0, 0.1) is 6.42 Å². The van der Waals surface area contributed by atoms with Crippen LogP contribution < -0.4 is 5.32 Å². The zero-order valence-electron chi connectivity index (χ0n) is 11.8. The van der Waals surface area contributed by atoms with Crippen molar-refractivity contribution in [1.29, 1.82) is 0 Å². The smallest absolute Gasteiger partial charge is 0.181 e. The summed E-state index contributed by atoms with van der Waals surface area (Å²) in [5.74, 6) is 0. The maximum Gasteiger partial charge on any atom is 0.181 e. The monoisotopic (exact) mass is 280 g/mol. The molecule has 0 bridgehead atoms. The summed E-state index contributed by atoms with van der Waals surface area (Å²) in [5.41, 5.74) is 1.20. The van der Waals surface area contributed by atoms with E-state index in [4.69, 9.17) is 0 Å². The average Bonchev–Trinajstić information content (AvgIpc) is 2.39. The molecule has 105 valence electrons. The lowest BCUT2D eigenvalue weighted by atomic mass is 9.87. The fourth-order valence-corrected chi connectivity index (χ4v) is 3.92. The number of piperidine rings is 1. The van der Waals surface area contributed by atoms with E-state index in [2.05, 4.69) is 26.1 Å². The minimum atomic E-state index is -3.22. The Hall–Kier alpha value is -0.870. The Morgan fingerprint density at radius 3 is 2.26 bits per heavy atom. The molecule has 1 aromatic rings. The van der Waals surface area contributed by atoms with Crippen LogP contribution in [0.3, 0.4) is 0 Å². The molecule has 1 radical (unpaired) electrons. The lowest BCUT2D eigenvalue weighted by molar-refractivity contribution is 0.549. The Morgan fingerprint density at radius 1 is 1.16 bits per heavy atom. The number of nitrogens with one attached hydrogen (secondary N) is 1. The molecule has 0 amide bonds. The van der Waals surface area contributed by atoms with E-state index in [0.717, 1.165) is 12.1 Å². The lowest BCUT2D eigenvalue weighted by Crippen LogP contribution is -2.36. The van der Waals surface area contributed by atoms with Gasteiger partial charge >= 0.3 is 0 Å². The second kappa shape index (κ2) is 5.25. The third kappa shape index (κ3) is 3.18. The molecule has 1 saturated heterocycles. The maximum atomic E-state index is 12.5. The predicted molar refractivity (Wildman–Crippen MR) is 77.9 cm³/mol. The highest BCUT2D eigenvalue weighted by Gasteiger charge is 2.29. The van der Waals surface area contributed by atoms with Gasteiger partial charge in [0.2, 0.25) is 0 Å². The van der Waals surface area contributed by atoms with Crippen molar-refractivity contribution in [2.75, 3.05) is 13.1 Å². The van der Waals surface area contributed by atoms with Gasteiger partial charge in [0, 0.05) is 0 Å². The molecule has 0 aliphatic carbocycles. The van der Waals surface area contributed by atoms with Gasteiger partial charge in [-0.25, -0.2) is 8.42 Å². The van der Waals surface area contributed by atoms with Gasteiger partial charge < -0.3 is 5.32 Å². The van der Waals surface area contributed by atoms with Gasteiger partial charge in [-0.15, -0.1) is 0 Å². The van der Waals surface area contributed by atoms with Crippen LogP contribution in [0.5, 0.6) is 0 Å². The lowest BCUT2D eigenvalue weighted by Gasteiger charge is -2.23. The molecule has 19 heavy (non-hydrogen) atoms. The van der Waals surface area contributed by atoms with Gasteiger partial charge in [0.1, 0.15) is 0 Å². The molecule has 1 aliphatic heterocycles. The van der Waals surface area contributed by atoms with Gasteiger partial charge in [-0.3, -0.25) is 0 Å². The second-order valence-electron chi connectivity index (χ2n) is 6.09. The summed E-state index contributed by atoms with van der Waals surface area (Å²) >= 11 is 0. The standard InChI is InChI=1S/C15H22NO2S/c1-15(2,3)12-4-6-13(7-5-12)19(17,18)14-8-10-16-11-9-14/h4-8,14,16H,9-11H2,1-3H3. The van der Waals surface area contributed by atoms with Crippen molar-refractivity contribution < 1.29 is 8.42 Å². The number of rotatable bonds is 2. The second-order valence-corrected chi connectivity index (χ2v) is 8.25. The predicted octanol–water partition coefficient (Wildman–Crippen LogP) is 2.32. The van der Waals surface area contributed by atoms with Crippen LogP contribution in [0.4, 0.5) is 0 Å². The maximum absolute atomic E-state index is 12.5. The van der Waals surface area contributed by atoms with E-state index < -0.39 is 9.84 Å². The summed E-state index contributed by atoms with van der Waals surface area (Å²) < 4.78 is 25.0. The number of benzene rings is 1. The zero-order valence-corrected chi connectivity index (χ0v) is 12.6. The van der Waals surface area contributed by atoms with Crippen molar-refractivity contribution in [2.45, 2.75) is 42.8 Å². The Kier molecular flexibility index (Phi) is 4.02. The molecule has 1 N–H and O–H groups in total. The van der Waals surface area contributed by atoms with Gasteiger partial charge in [-0.1, -0.05) is 32.9 Å². The minimum Gasteiger partial charge on any atom is -0.316 e. The minimum absolute atomic E-state index is 0.0448. The topological polar surface area (TPSA) is 46.2 Å². The van der Waals surface area contributed by atoms with Crippen molar-refractivity contribution in [3.8, 4) is 0 Å². The Bertz CT molecular complexity index is 520. The van der Waals surface area contributed by atoms with E-state index in [1.54, 1.807) is 12.1 Å². The van der Waals surface area contributed by atoms with Crippen LogP contribution in [0.15, 0.2) is 29.2 Å². The van der Waals surface area contributed by atoms with E-state index >= 15 is 0 Å². The van der Waals surface area contributed by atoms with Crippen molar-refractivity contribution in [1.82, 2.24) is 5.32 Å². The van der Waals surface area contributed by atoms with Gasteiger partial charge in [0.15, 0.2) is 9.84 Å². The molecule has 0 saturated carbocycles. The van der Waals surface area contributed by atoms with Crippen molar-refractivity contribution in [3.05, 3.63) is 36.2 Å². The summed E-state index contributed by atoms with van der Waals surface area (Å²) in [6.45, 7) is 7.80. The first-order valence-electron chi connectivity index (χ1n) is 6.70. The Morgan fingerprint density at radius 2 is 1.79 bits per heavy atom. The first kappa shape index (κ1) is 14.5. The van der Waals surface area contributed by atoms with Gasteiger partial charge in [0.05, 0.1) is 10.1 Å². The fraction of sp³-hybridized carbons (Fsp3) is 0.533. The summed E-state index contributed by atoms with van der Waals surface area (Å²) in [6, 6.07) is 7.33. The largest absolute Gasteiger partial charge is 0.316 e. The first-order valence-corrected chi connectivity index (χ1v) is 8.25. The summed E-state index contributed by atoms with van der Waals surface area (Å²) in [5, 5.41) is 2.79. The molecule has 2 rings (SSSR count). The third-order valence-corrected chi connectivity index (χ3v) is 5.73. The zero-order chi connectivity index (χ0) is 14.1.